The van der Waals surface area contributed by atoms with E-state index in [4.69, 9.17) is 5.73 Å². The lowest BCUT2D eigenvalue weighted by atomic mass is 10.1. The first-order chi connectivity index (χ1) is 6.16. The zero-order valence-electron chi connectivity index (χ0n) is 9.00. The van der Waals surface area contributed by atoms with Crippen LogP contribution in [0.1, 0.15) is 27.7 Å². The van der Waals surface area contributed by atoms with Crippen LogP contribution in [0.3, 0.4) is 0 Å². The fourth-order valence-corrected chi connectivity index (χ4v) is 1.23. The molecule has 2 amide bonds. The molecule has 0 bridgehead atoms. The maximum Gasteiger partial charge on any atom is 0.239 e. The van der Waals surface area contributed by atoms with Gasteiger partial charge in [-0.15, -0.1) is 0 Å². The summed E-state index contributed by atoms with van der Waals surface area (Å²) in [5.41, 5.74) is 5.06. The monoisotopic (exact) mass is 264 g/mol. The van der Waals surface area contributed by atoms with Crippen LogP contribution < -0.4 is 5.73 Å². The summed E-state index contributed by atoms with van der Waals surface area (Å²) in [4.78, 5) is 24.0. The predicted octanol–water partition coefficient (Wildman–Crippen LogP) is 0.882. The summed E-state index contributed by atoms with van der Waals surface area (Å²) in [5, 5.41) is 0. The summed E-state index contributed by atoms with van der Waals surface area (Å²) < 4.78 is -0.660. The Morgan fingerprint density at radius 2 is 1.86 bits per heavy atom. The van der Waals surface area contributed by atoms with Crippen LogP contribution in [0, 0.1) is 0 Å². The zero-order valence-corrected chi connectivity index (χ0v) is 10.6. The van der Waals surface area contributed by atoms with Crippen LogP contribution in [0.4, 0.5) is 0 Å². The van der Waals surface area contributed by atoms with Crippen molar-refractivity contribution < 1.29 is 9.59 Å². The second-order valence-electron chi connectivity index (χ2n) is 3.97. The molecule has 0 aliphatic heterocycles. The molecule has 0 radical (unpaired) electrons. The van der Waals surface area contributed by atoms with Crippen LogP contribution in [0.2, 0.25) is 0 Å². The molecule has 0 aliphatic rings. The number of hydrogen-bond donors (Lipinski definition) is 1. The van der Waals surface area contributed by atoms with Gasteiger partial charge in [0.2, 0.25) is 11.8 Å². The first-order valence-electron chi connectivity index (χ1n) is 4.44. The number of carbonyl (C=O) groups is 2. The molecule has 0 aromatic heterocycles. The van der Waals surface area contributed by atoms with Gasteiger partial charge in [0.05, 0.1) is 10.9 Å². The Morgan fingerprint density at radius 3 is 2.07 bits per heavy atom. The summed E-state index contributed by atoms with van der Waals surface area (Å²) in [6.45, 7) is 7.14. The van der Waals surface area contributed by atoms with Crippen molar-refractivity contribution in [2.45, 2.75) is 38.1 Å². The average Bonchev–Trinajstić information content (AvgIpc) is 1.96. The topological polar surface area (TPSA) is 63.4 Å². The first kappa shape index (κ1) is 13.4. The van der Waals surface area contributed by atoms with Gasteiger partial charge in [-0.25, -0.2) is 0 Å². The van der Waals surface area contributed by atoms with Crippen molar-refractivity contribution in [2.24, 2.45) is 5.73 Å². The Bertz CT molecular complexity index is 233. The number of nitrogens with zero attached hydrogens (tertiary/aromatic N) is 1. The number of rotatable bonds is 4. The number of halogens is 1. The third-order valence-corrected chi connectivity index (χ3v) is 2.06. The minimum absolute atomic E-state index is 0.0353. The highest BCUT2D eigenvalue weighted by Gasteiger charge is 2.31. The predicted molar refractivity (Wildman–Crippen MR) is 59.0 cm³/mol. The number of primary amides is 1. The van der Waals surface area contributed by atoms with Crippen LogP contribution in [0.15, 0.2) is 0 Å². The molecule has 0 saturated heterocycles. The van der Waals surface area contributed by atoms with Crippen LogP contribution in [-0.2, 0) is 9.59 Å². The molecular formula is C9H17BrN2O2. The quantitative estimate of drug-likeness (QED) is 0.767. The lowest BCUT2D eigenvalue weighted by Gasteiger charge is -2.30. The fraction of sp³-hybridized carbons (Fsp3) is 0.778. The molecule has 0 unspecified atom stereocenters. The third kappa shape index (κ3) is 4.09. The molecule has 0 aromatic rings. The van der Waals surface area contributed by atoms with Crippen molar-refractivity contribution in [3.8, 4) is 0 Å². The highest BCUT2D eigenvalue weighted by molar-refractivity contribution is 9.10. The van der Waals surface area contributed by atoms with Gasteiger partial charge < -0.3 is 10.6 Å². The molecule has 2 N–H and O–H groups in total. The van der Waals surface area contributed by atoms with Gasteiger partial charge in [0, 0.05) is 6.04 Å². The number of carbonyl (C=O) groups excluding carboxylic acids is 2. The van der Waals surface area contributed by atoms with Crippen molar-refractivity contribution in [1.82, 2.24) is 4.90 Å². The van der Waals surface area contributed by atoms with Crippen LogP contribution in [0.5, 0.6) is 0 Å². The Kier molecular flexibility index (Phi) is 4.58. The highest BCUT2D eigenvalue weighted by Crippen LogP contribution is 2.20. The van der Waals surface area contributed by atoms with Gasteiger partial charge in [-0.05, 0) is 27.7 Å². The van der Waals surface area contributed by atoms with E-state index in [0.717, 1.165) is 0 Å². The Labute approximate surface area is 92.9 Å². The fourth-order valence-electron chi connectivity index (χ4n) is 0.998. The summed E-state index contributed by atoms with van der Waals surface area (Å²) in [7, 11) is 0. The van der Waals surface area contributed by atoms with Crippen molar-refractivity contribution in [1.29, 1.82) is 0 Å². The minimum Gasteiger partial charge on any atom is -0.368 e. The molecule has 0 saturated carbocycles. The molecule has 0 heterocycles. The maximum atomic E-state index is 11.8. The van der Waals surface area contributed by atoms with E-state index in [1.165, 1.54) is 4.90 Å². The van der Waals surface area contributed by atoms with E-state index in [0.29, 0.717) is 0 Å². The SMILES string of the molecule is CC(C)N(CC(N)=O)C(=O)C(C)(C)Br. The summed E-state index contributed by atoms with van der Waals surface area (Å²) in [5.74, 6) is -0.630. The van der Waals surface area contributed by atoms with Gasteiger partial charge in [-0.3, -0.25) is 9.59 Å². The molecular weight excluding hydrogens is 248 g/mol. The minimum atomic E-state index is -0.660. The van der Waals surface area contributed by atoms with Crippen molar-refractivity contribution in [3.05, 3.63) is 0 Å². The second kappa shape index (κ2) is 4.77. The normalized spacial score (nSPS) is 11.6. The standard InChI is InChI=1S/C9H17BrN2O2/c1-6(2)12(5-7(11)13)8(14)9(3,4)10/h6H,5H2,1-4H3,(H2,11,13). The number of nitrogens with two attached hydrogens (primary N) is 1. The molecule has 0 fully saturated rings. The highest BCUT2D eigenvalue weighted by atomic mass is 79.9. The van der Waals surface area contributed by atoms with E-state index >= 15 is 0 Å². The van der Waals surface area contributed by atoms with Gasteiger partial charge in [-0.2, -0.15) is 0 Å². The van der Waals surface area contributed by atoms with Crippen molar-refractivity contribution in [2.75, 3.05) is 6.54 Å². The molecule has 0 aliphatic carbocycles. The molecule has 4 nitrogen and oxygen atoms in total. The second-order valence-corrected chi connectivity index (χ2v) is 5.95. The van der Waals surface area contributed by atoms with E-state index in [-0.39, 0.29) is 18.5 Å². The third-order valence-electron chi connectivity index (χ3n) is 1.72. The molecule has 0 rings (SSSR count). The Hall–Kier alpha value is -0.580. The van der Waals surface area contributed by atoms with Crippen molar-refractivity contribution in [3.63, 3.8) is 0 Å². The van der Waals surface area contributed by atoms with E-state index in [1.54, 1.807) is 13.8 Å². The number of amides is 2. The first-order valence-corrected chi connectivity index (χ1v) is 5.24. The zero-order chi connectivity index (χ0) is 11.5. The Balaban J connectivity index is 4.67. The number of alkyl halides is 1. The average molecular weight is 265 g/mol. The van der Waals surface area contributed by atoms with E-state index in [2.05, 4.69) is 15.9 Å². The van der Waals surface area contributed by atoms with Gasteiger partial charge in [-0.1, -0.05) is 15.9 Å². The lowest BCUT2D eigenvalue weighted by Crippen LogP contribution is -2.48. The molecule has 14 heavy (non-hydrogen) atoms. The smallest absolute Gasteiger partial charge is 0.239 e. The maximum absolute atomic E-state index is 11.8. The Morgan fingerprint density at radius 1 is 1.43 bits per heavy atom. The molecule has 0 atom stereocenters. The van der Waals surface area contributed by atoms with Gasteiger partial charge in [0.25, 0.3) is 0 Å². The number of hydrogen-bond acceptors (Lipinski definition) is 2. The van der Waals surface area contributed by atoms with E-state index in [1.807, 2.05) is 13.8 Å². The van der Waals surface area contributed by atoms with E-state index < -0.39 is 10.2 Å². The van der Waals surface area contributed by atoms with E-state index in [9.17, 15) is 9.59 Å². The van der Waals surface area contributed by atoms with Crippen LogP contribution >= 0.6 is 15.9 Å². The summed E-state index contributed by atoms with van der Waals surface area (Å²) >= 11 is 3.26. The lowest BCUT2D eigenvalue weighted by molar-refractivity contribution is -0.138. The summed E-state index contributed by atoms with van der Waals surface area (Å²) in [6, 6.07) is -0.0353. The molecule has 0 spiro atoms. The van der Waals surface area contributed by atoms with Gasteiger partial charge in [0.15, 0.2) is 0 Å². The van der Waals surface area contributed by atoms with Gasteiger partial charge >= 0.3 is 0 Å². The van der Waals surface area contributed by atoms with Crippen LogP contribution in [-0.4, -0.2) is 33.6 Å². The molecule has 82 valence electrons. The summed E-state index contributed by atoms with van der Waals surface area (Å²) in [6.07, 6.45) is 0. The molecule has 0 aromatic carbocycles. The van der Waals surface area contributed by atoms with Gasteiger partial charge in [0.1, 0.15) is 0 Å². The largest absolute Gasteiger partial charge is 0.368 e. The van der Waals surface area contributed by atoms with Crippen molar-refractivity contribution >= 4 is 27.7 Å². The van der Waals surface area contributed by atoms with Crippen LogP contribution in [0.25, 0.3) is 0 Å². The molecule has 5 heteroatoms.